The van der Waals surface area contributed by atoms with Gasteiger partial charge in [0.2, 0.25) is 0 Å². The maximum atomic E-state index is 10.8. The number of halogens is 2. The average molecular weight is 324 g/mol. The fraction of sp³-hybridized carbons (Fsp3) is 0.400. The lowest BCUT2D eigenvalue weighted by Crippen LogP contribution is -2.34. The summed E-state index contributed by atoms with van der Waals surface area (Å²) in [6, 6.07) is 5.18. The Balaban J connectivity index is 0.00000144. The SMILES string of the molecule is Cl.O=[N+]([O-])c1cc([C@@H]2COCCN2)ccc1Br. The van der Waals surface area contributed by atoms with Crippen molar-refractivity contribution >= 4 is 34.0 Å². The van der Waals surface area contributed by atoms with Gasteiger partial charge in [-0.25, -0.2) is 0 Å². The second-order valence-corrected chi connectivity index (χ2v) is 4.40. The van der Waals surface area contributed by atoms with Crippen LogP contribution in [0.25, 0.3) is 0 Å². The Morgan fingerprint density at radius 3 is 2.88 bits per heavy atom. The van der Waals surface area contributed by atoms with E-state index >= 15 is 0 Å². The minimum atomic E-state index is -0.392. The summed E-state index contributed by atoms with van der Waals surface area (Å²) in [6.07, 6.45) is 0. The van der Waals surface area contributed by atoms with E-state index in [4.69, 9.17) is 4.74 Å². The highest BCUT2D eigenvalue weighted by Gasteiger charge is 2.19. The van der Waals surface area contributed by atoms with Crippen molar-refractivity contribution in [3.8, 4) is 0 Å². The Labute approximate surface area is 113 Å². The number of morpholine rings is 1. The molecule has 5 nitrogen and oxygen atoms in total. The summed E-state index contributed by atoms with van der Waals surface area (Å²) in [5.74, 6) is 0. The largest absolute Gasteiger partial charge is 0.378 e. The first-order valence-corrected chi connectivity index (χ1v) is 5.73. The summed E-state index contributed by atoms with van der Waals surface area (Å²) in [4.78, 5) is 10.4. The van der Waals surface area contributed by atoms with Crippen LogP contribution < -0.4 is 5.32 Å². The molecule has 1 saturated heterocycles. The number of nitrogens with zero attached hydrogens (tertiary/aromatic N) is 1. The quantitative estimate of drug-likeness (QED) is 0.670. The van der Waals surface area contributed by atoms with Crippen LogP contribution in [0.5, 0.6) is 0 Å². The average Bonchev–Trinajstić information content (AvgIpc) is 2.30. The highest BCUT2D eigenvalue weighted by atomic mass is 79.9. The van der Waals surface area contributed by atoms with E-state index < -0.39 is 4.92 Å². The topological polar surface area (TPSA) is 64.4 Å². The van der Waals surface area contributed by atoms with Crippen molar-refractivity contribution in [2.45, 2.75) is 6.04 Å². The van der Waals surface area contributed by atoms with Gasteiger partial charge in [-0.1, -0.05) is 6.07 Å². The number of hydrogen-bond donors (Lipinski definition) is 1. The molecule has 1 aliphatic rings. The van der Waals surface area contributed by atoms with Crippen molar-refractivity contribution in [1.29, 1.82) is 0 Å². The predicted octanol–water partition coefficient (Wildman–Crippen LogP) is 2.44. The number of benzene rings is 1. The molecule has 1 heterocycles. The first-order valence-electron chi connectivity index (χ1n) is 4.93. The molecule has 1 aliphatic heterocycles. The molecule has 7 heteroatoms. The Kier molecular flexibility index (Phi) is 5.32. The lowest BCUT2D eigenvalue weighted by molar-refractivity contribution is -0.385. The molecule has 1 fully saturated rings. The molecule has 0 unspecified atom stereocenters. The third-order valence-electron chi connectivity index (χ3n) is 2.49. The van der Waals surface area contributed by atoms with Crippen LogP contribution in [0, 0.1) is 10.1 Å². The van der Waals surface area contributed by atoms with Crippen LogP contribution in [-0.4, -0.2) is 24.7 Å². The fourth-order valence-electron chi connectivity index (χ4n) is 1.67. The van der Waals surface area contributed by atoms with Gasteiger partial charge in [0.15, 0.2) is 0 Å². The van der Waals surface area contributed by atoms with Crippen molar-refractivity contribution in [2.75, 3.05) is 19.8 Å². The molecule has 1 aromatic carbocycles. The summed E-state index contributed by atoms with van der Waals surface area (Å²) in [5, 5.41) is 14.0. The molecule has 1 N–H and O–H groups in total. The second-order valence-electron chi connectivity index (χ2n) is 3.55. The van der Waals surface area contributed by atoms with Crippen LogP contribution in [0.4, 0.5) is 5.69 Å². The van der Waals surface area contributed by atoms with E-state index in [9.17, 15) is 10.1 Å². The number of rotatable bonds is 2. The molecule has 17 heavy (non-hydrogen) atoms. The van der Waals surface area contributed by atoms with Crippen molar-refractivity contribution < 1.29 is 9.66 Å². The maximum Gasteiger partial charge on any atom is 0.283 e. The fourth-order valence-corrected chi connectivity index (χ4v) is 2.06. The van der Waals surface area contributed by atoms with Gasteiger partial charge in [-0.15, -0.1) is 12.4 Å². The highest BCUT2D eigenvalue weighted by molar-refractivity contribution is 9.10. The van der Waals surface area contributed by atoms with E-state index in [0.29, 0.717) is 17.7 Å². The van der Waals surface area contributed by atoms with Gasteiger partial charge in [-0.05, 0) is 27.6 Å². The molecule has 2 rings (SSSR count). The van der Waals surface area contributed by atoms with Gasteiger partial charge in [0.05, 0.1) is 28.7 Å². The number of hydrogen-bond acceptors (Lipinski definition) is 4. The molecule has 0 amide bonds. The highest BCUT2D eigenvalue weighted by Crippen LogP contribution is 2.28. The Morgan fingerprint density at radius 1 is 1.53 bits per heavy atom. The number of nitrogens with one attached hydrogen (secondary N) is 1. The van der Waals surface area contributed by atoms with Gasteiger partial charge in [-0.2, -0.15) is 0 Å². The summed E-state index contributed by atoms with van der Waals surface area (Å²) >= 11 is 3.16. The molecule has 0 aliphatic carbocycles. The zero-order valence-electron chi connectivity index (χ0n) is 8.89. The van der Waals surface area contributed by atoms with Crippen molar-refractivity contribution in [1.82, 2.24) is 5.32 Å². The molecule has 0 bridgehead atoms. The lowest BCUT2D eigenvalue weighted by atomic mass is 10.1. The monoisotopic (exact) mass is 322 g/mol. The van der Waals surface area contributed by atoms with Crippen molar-refractivity contribution in [3.63, 3.8) is 0 Å². The second kappa shape index (κ2) is 6.30. The Morgan fingerprint density at radius 2 is 2.29 bits per heavy atom. The maximum absolute atomic E-state index is 10.8. The van der Waals surface area contributed by atoms with Crippen LogP contribution in [0.1, 0.15) is 11.6 Å². The molecule has 0 saturated carbocycles. The van der Waals surface area contributed by atoms with Gasteiger partial charge in [0, 0.05) is 12.6 Å². The molecule has 0 aromatic heterocycles. The summed E-state index contributed by atoms with van der Waals surface area (Å²) < 4.78 is 5.82. The molecule has 94 valence electrons. The summed E-state index contributed by atoms with van der Waals surface area (Å²) in [7, 11) is 0. The summed E-state index contributed by atoms with van der Waals surface area (Å²) in [6.45, 7) is 2.02. The van der Waals surface area contributed by atoms with E-state index in [1.165, 1.54) is 0 Å². The van der Waals surface area contributed by atoms with Crippen LogP contribution in [-0.2, 0) is 4.74 Å². The van der Waals surface area contributed by atoms with Gasteiger partial charge >= 0.3 is 0 Å². The molecular weight excluding hydrogens is 311 g/mol. The third kappa shape index (κ3) is 3.38. The minimum absolute atomic E-state index is 0. The first kappa shape index (κ1) is 14.4. The molecule has 0 spiro atoms. The van der Waals surface area contributed by atoms with Gasteiger partial charge in [0.1, 0.15) is 0 Å². The normalized spacial score (nSPS) is 19.5. The number of nitro benzene ring substituents is 1. The molecule has 1 aromatic rings. The van der Waals surface area contributed by atoms with Crippen LogP contribution in [0.15, 0.2) is 22.7 Å². The van der Waals surface area contributed by atoms with Crippen LogP contribution >= 0.6 is 28.3 Å². The molecule has 1 atom stereocenters. The predicted molar refractivity (Wildman–Crippen MR) is 69.6 cm³/mol. The lowest BCUT2D eigenvalue weighted by Gasteiger charge is -2.24. The number of ether oxygens (including phenoxy) is 1. The minimum Gasteiger partial charge on any atom is -0.378 e. The van der Waals surface area contributed by atoms with E-state index in [1.807, 2.05) is 6.07 Å². The first-order chi connectivity index (χ1) is 7.68. The Bertz CT molecular complexity index is 411. The Hall–Kier alpha value is -0.690. The van der Waals surface area contributed by atoms with Gasteiger partial charge < -0.3 is 10.1 Å². The molecule has 0 radical (unpaired) electrons. The van der Waals surface area contributed by atoms with Crippen LogP contribution in [0.3, 0.4) is 0 Å². The van der Waals surface area contributed by atoms with E-state index in [1.54, 1.807) is 12.1 Å². The van der Waals surface area contributed by atoms with E-state index in [0.717, 1.165) is 12.1 Å². The van der Waals surface area contributed by atoms with Gasteiger partial charge in [-0.3, -0.25) is 10.1 Å². The number of nitro groups is 1. The molecular formula is C10H12BrClN2O3. The summed E-state index contributed by atoms with van der Waals surface area (Å²) in [5.41, 5.74) is 0.972. The van der Waals surface area contributed by atoms with E-state index in [-0.39, 0.29) is 24.1 Å². The third-order valence-corrected chi connectivity index (χ3v) is 3.16. The smallest absolute Gasteiger partial charge is 0.283 e. The van der Waals surface area contributed by atoms with Crippen molar-refractivity contribution in [2.24, 2.45) is 0 Å². The zero-order valence-corrected chi connectivity index (χ0v) is 11.3. The standard InChI is InChI=1S/C10H11BrN2O3.ClH/c11-8-2-1-7(5-10(8)13(14)15)9-6-16-4-3-12-9;/h1-2,5,9,12H,3-4,6H2;1H/t9-;/m0./s1. The van der Waals surface area contributed by atoms with Crippen molar-refractivity contribution in [3.05, 3.63) is 38.3 Å². The van der Waals surface area contributed by atoms with Crippen LogP contribution in [0.2, 0.25) is 0 Å². The van der Waals surface area contributed by atoms with E-state index in [2.05, 4.69) is 21.2 Å². The van der Waals surface area contributed by atoms with Gasteiger partial charge in [0.25, 0.3) is 5.69 Å². The zero-order chi connectivity index (χ0) is 11.5.